The predicted molar refractivity (Wildman–Crippen MR) is 89.3 cm³/mol. The first-order valence-electron chi connectivity index (χ1n) is 6.07. The highest BCUT2D eigenvalue weighted by atomic mass is 33.1. The Labute approximate surface area is 138 Å². The molecular weight excluding hydrogens is 346 g/mol. The van der Waals surface area contributed by atoms with Crippen molar-refractivity contribution in [3.63, 3.8) is 0 Å². The predicted octanol–water partition coefficient (Wildman–Crippen LogP) is 3.19. The number of nitrogens with zero attached hydrogens (tertiary/aromatic N) is 1. The summed E-state index contributed by atoms with van der Waals surface area (Å²) in [6, 6.07) is 6.57. The van der Waals surface area contributed by atoms with Crippen molar-refractivity contribution < 1.29 is 23.4 Å². The molecule has 0 aliphatic carbocycles. The molecule has 22 heavy (non-hydrogen) atoms. The summed E-state index contributed by atoms with van der Waals surface area (Å²) in [5.41, 5.74) is 1.22. The molecule has 1 atom stereocenters. The van der Waals surface area contributed by atoms with Gasteiger partial charge in [-0.15, -0.1) is 0 Å². The molecular formula is C13H13NO5S3. The van der Waals surface area contributed by atoms with Crippen LogP contribution in [0.5, 0.6) is 0 Å². The van der Waals surface area contributed by atoms with Gasteiger partial charge in [-0.2, -0.15) is 4.31 Å². The SMILES string of the molecule is Cc1ccc(N(C(=O)OC2=CC=C(CO)SS2)S(=O)O)cc1. The molecule has 0 aromatic heterocycles. The van der Waals surface area contributed by atoms with Crippen LogP contribution in [0.25, 0.3) is 0 Å². The number of anilines is 1. The van der Waals surface area contributed by atoms with Gasteiger partial charge in [-0.1, -0.05) is 28.5 Å². The molecule has 0 radical (unpaired) electrons. The third-order valence-corrected chi connectivity index (χ3v) is 5.57. The van der Waals surface area contributed by atoms with E-state index in [0.29, 0.717) is 4.31 Å². The van der Waals surface area contributed by atoms with E-state index in [2.05, 4.69) is 0 Å². The first kappa shape index (κ1) is 17.1. The molecule has 1 amide bonds. The summed E-state index contributed by atoms with van der Waals surface area (Å²) < 4.78 is 26.5. The molecule has 1 aliphatic rings. The minimum Gasteiger partial charge on any atom is -0.401 e. The van der Waals surface area contributed by atoms with Gasteiger partial charge in [-0.05, 0) is 42.0 Å². The summed E-state index contributed by atoms with van der Waals surface area (Å²) in [5.74, 6) is 0. The first-order chi connectivity index (χ1) is 10.5. The van der Waals surface area contributed by atoms with E-state index < -0.39 is 17.4 Å². The zero-order chi connectivity index (χ0) is 16.1. The smallest absolute Gasteiger partial charge is 0.401 e. The highest BCUT2D eigenvalue weighted by Gasteiger charge is 2.25. The van der Waals surface area contributed by atoms with Crippen molar-refractivity contribution in [1.29, 1.82) is 0 Å². The number of aliphatic hydroxyl groups excluding tert-OH is 1. The highest BCUT2D eigenvalue weighted by Crippen LogP contribution is 2.40. The molecule has 0 saturated heterocycles. The molecule has 0 fully saturated rings. The monoisotopic (exact) mass is 359 g/mol. The Morgan fingerprint density at radius 2 is 1.95 bits per heavy atom. The number of hydrogen-bond acceptors (Lipinski definition) is 6. The number of benzene rings is 1. The van der Waals surface area contributed by atoms with E-state index in [-0.39, 0.29) is 17.4 Å². The molecule has 2 N–H and O–H groups in total. The van der Waals surface area contributed by atoms with E-state index in [4.69, 9.17) is 9.84 Å². The molecule has 0 bridgehead atoms. The fourth-order valence-electron chi connectivity index (χ4n) is 1.51. The second-order valence-corrected chi connectivity index (χ2v) is 7.26. The fraction of sp³-hybridized carbons (Fsp3) is 0.154. The van der Waals surface area contributed by atoms with Gasteiger partial charge < -0.3 is 9.84 Å². The van der Waals surface area contributed by atoms with Crippen LogP contribution in [-0.2, 0) is 16.0 Å². The molecule has 2 rings (SSSR count). The zero-order valence-corrected chi connectivity index (χ0v) is 13.9. The van der Waals surface area contributed by atoms with E-state index in [0.717, 1.165) is 21.3 Å². The van der Waals surface area contributed by atoms with Crippen LogP contribution < -0.4 is 4.31 Å². The van der Waals surface area contributed by atoms with E-state index in [9.17, 15) is 13.6 Å². The van der Waals surface area contributed by atoms with Gasteiger partial charge in [0.15, 0.2) is 5.09 Å². The summed E-state index contributed by atoms with van der Waals surface area (Å²) in [5, 5.41) is 9.24. The fourth-order valence-corrected chi connectivity index (χ4v) is 3.73. The maximum Gasteiger partial charge on any atom is 0.434 e. The normalized spacial score (nSPS) is 15.6. The van der Waals surface area contributed by atoms with Crippen LogP contribution in [0.1, 0.15) is 5.56 Å². The van der Waals surface area contributed by atoms with E-state index >= 15 is 0 Å². The molecule has 1 aliphatic heterocycles. The number of allylic oxidation sites excluding steroid dienone is 2. The van der Waals surface area contributed by atoms with Crippen LogP contribution in [0.3, 0.4) is 0 Å². The zero-order valence-electron chi connectivity index (χ0n) is 11.5. The molecule has 0 saturated carbocycles. The summed E-state index contributed by atoms with van der Waals surface area (Å²) in [7, 11) is 2.41. The van der Waals surface area contributed by atoms with E-state index in [1.54, 1.807) is 30.3 Å². The Hall–Kier alpha value is -1.26. The van der Waals surface area contributed by atoms with Crippen LogP contribution >= 0.6 is 21.6 Å². The lowest BCUT2D eigenvalue weighted by Gasteiger charge is -2.19. The third-order valence-electron chi connectivity index (χ3n) is 2.57. The van der Waals surface area contributed by atoms with Gasteiger partial charge in [0.25, 0.3) is 11.3 Å². The Balaban J connectivity index is 2.14. The molecule has 1 aromatic rings. The summed E-state index contributed by atoms with van der Waals surface area (Å²) in [6.45, 7) is 1.78. The largest absolute Gasteiger partial charge is 0.434 e. The second-order valence-electron chi connectivity index (χ2n) is 4.17. The molecule has 1 aromatic carbocycles. The second kappa shape index (κ2) is 7.84. The Kier molecular flexibility index (Phi) is 6.09. The van der Waals surface area contributed by atoms with Crippen molar-refractivity contribution in [3.8, 4) is 0 Å². The van der Waals surface area contributed by atoms with Crippen LogP contribution in [-0.4, -0.2) is 26.6 Å². The average molecular weight is 359 g/mol. The quantitative estimate of drug-likeness (QED) is 0.630. The Morgan fingerprint density at radius 1 is 1.27 bits per heavy atom. The van der Waals surface area contributed by atoms with Gasteiger partial charge in [0.2, 0.25) is 0 Å². The molecule has 118 valence electrons. The van der Waals surface area contributed by atoms with Gasteiger partial charge in [-0.3, -0.25) is 4.55 Å². The van der Waals surface area contributed by atoms with E-state index in [1.165, 1.54) is 16.9 Å². The van der Waals surface area contributed by atoms with Crippen molar-refractivity contribution >= 4 is 44.6 Å². The maximum absolute atomic E-state index is 12.1. The van der Waals surface area contributed by atoms with Crippen molar-refractivity contribution in [2.75, 3.05) is 10.9 Å². The molecule has 9 heteroatoms. The topological polar surface area (TPSA) is 87.1 Å². The lowest BCUT2D eigenvalue weighted by Crippen LogP contribution is -2.32. The molecule has 0 spiro atoms. The lowest BCUT2D eigenvalue weighted by molar-refractivity contribution is 0.194. The number of carbonyl (C=O) groups excluding carboxylic acids is 1. The average Bonchev–Trinajstić information content (AvgIpc) is 2.50. The highest BCUT2D eigenvalue weighted by molar-refractivity contribution is 8.79. The van der Waals surface area contributed by atoms with E-state index in [1.807, 2.05) is 6.92 Å². The van der Waals surface area contributed by atoms with Crippen LogP contribution in [0.4, 0.5) is 10.5 Å². The standard InChI is InChI=1S/C13H13NO5S3/c1-9-2-4-10(5-3-9)14(22(17)18)13(16)19-12-7-6-11(8-15)20-21-12/h2-7,15H,8H2,1H3,(H,17,18). The number of carbonyl (C=O) groups is 1. The Morgan fingerprint density at radius 3 is 2.45 bits per heavy atom. The van der Waals surface area contributed by atoms with Crippen molar-refractivity contribution in [1.82, 2.24) is 0 Å². The number of amides is 1. The van der Waals surface area contributed by atoms with Gasteiger partial charge in [0.05, 0.1) is 12.3 Å². The Bertz CT molecular complexity index is 642. The number of aliphatic hydroxyl groups is 1. The van der Waals surface area contributed by atoms with Gasteiger partial charge in [-0.25, -0.2) is 9.00 Å². The van der Waals surface area contributed by atoms with Crippen LogP contribution in [0, 0.1) is 6.92 Å². The number of rotatable bonds is 4. The molecule has 1 unspecified atom stereocenters. The summed E-state index contributed by atoms with van der Waals surface area (Å²) >= 11 is -2.54. The summed E-state index contributed by atoms with van der Waals surface area (Å²) in [6.07, 6.45) is 2.19. The lowest BCUT2D eigenvalue weighted by atomic mass is 10.2. The van der Waals surface area contributed by atoms with Gasteiger partial charge in [0, 0.05) is 4.91 Å². The number of hydrogen-bond donors (Lipinski definition) is 2. The van der Waals surface area contributed by atoms with Crippen molar-refractivity contribution in [3.05, 3.63) is 52.0 Å². The minimum absolute atomic E-state index is 0.0917. The summed E-state index contributed by atoms with van der Waals surface area (Å²) in [4.78, 5) is 12.8. The van der Waals surface area contributed by atoms with Gasteiger partial charge >= 0.3 is 6.09 Å². The van der Waals surface area contributed by atoms with Crippen LogP contribution in [0.2, 0.25) is 0 Å². The van der Waals surface area contributed by atoms with Crippen molar-refractivity contribution in [2.24, 2.45) is 0 Å². The maximum atomic E-state index is 12.1. The number of aryl methyl sites for hydroxylation is 1. The molecule has 6 nitrogen and oxygen atoms in total. The van der Waals surface area contributed by atoms with Crippen molar-refractivity contribution in [2.45, 2.75) is 6.92 Å². The first-order valence-corrected chi connectivity index (χ1v) is 9.28. The van der Waals surface area contributed by atoms with Crippen LogP contribution in [0.15, 0.2) is 46.4 Å². The number of ether oxygens (including phenoxy) is 1. The van der Waals surface area contributed by atoms with Gasteiger partial charge in [0.1, 0.15) is 0 Å². The third kappa shape index (κ3) is 4.37. The molecule has 1 heterocycles. The minimum atomic E-state index is -2.54.